The molecule has 0 saturated carbocycles. The van der Waals surface area contributed by atoms with E-state index in [0.29, 0.717) is 5.16 Å². The lowest BCUT2D eigenvalue weighted by molar-refractivity contribution is 0.784. The van der Waals surface area contributed by atoms with E-state index < -0.39 is 22.1 Å². The van der Waals surface area contributed by atoms with Crippen molar-refractivity contribution < 1.29 is 0 Å². The lowest BCUT2D eigenvalue weighted by Gasteiger charge is -2.36. The van der Waals surface area contributed by atoms with Crippen LogP contribution in [0, 0.1) is 0 Å². The maximum Gasteiger partial charge on any atom is 0.373 e. The predicted molar refractivity (Wildman–Crippen MR) is 309 cm³/mol. The molecule has 0 amide bonds. The molecule has 6 nitrogen and oxygen atoms in total. The Labute approximate surface area is 412 Å². The molecule has 16 heteroatoms. The Bertz CT molecular complexity index is 2380. The molecule has 65 heavy (non-hydrogen) atoms. The number of halogens is 2. The Hall–Kier alpha value is -1.40. The second-order valence-electron chi connectivity index (χ2n) is 21.9. The summed E-state index contributed by atoms with van der Waals surface area (Å²) in [6, 6.07) is 23.7. The van der Waals surface area contributed by atoms with Gasteiger partial charge in [0.25, 0.3) is 0 Å². The highest BCUT2D eigenvalue weighted by Gasteiger charge is 2.53. The average molecular weight is 1000 g/mol. The molecule has 0 spiro atoms. The Kier molecular flexibility index (Phi) is 19.7. The quantitative estimate of drug-likeness (QED) is 0.129. The molecule has 0 saturated heterocycles. The van der Waals surface area contributed by atoms with Crippen LogP contribution in [0.3, 0.4) is 0 Å². The van der Waals surface area contributed by atoms with Crippen molar-refractivity contribution in [3.8, 4) is 0 Å². The summed E-state index contributed by atoms with van der Waals surface area (Å²) in [7, 11) is 14.2. The van der Waals surface area contributed by atoms with Crippen molar-refractivity contribution in [2.45, 2.75) is 130 Å². The van der Waals surface area contributed by atoms with Crippen LogP contribution in [0.1, 0.15) is 104 Å². The lowest BCUT2D eigenvalue weighted by atomic mass is 10.2. The second-order valence-corrected chi connectivity index (χ2v) is 39.1. The van der Waals surface area contributed by atoms with E-state index in [9.17, 15) is 0 Å². The summed E-state index contributed by atoms with van der Waals surface area (Å²) >= 11 is 11.4. The highest BCUT2D eigenvalue weighted by atomic mass is 35.5. The van der Waals surface area contributed by atoms with Gasteiger partial charge >= 0.3 is 22.7 Å². The monoisotopic (exact) mass is 1000 g/mol. The molecule has 0 N–H and O–H groups in total. The minimum atomic E-state index is -2.01. The first-order valence-electron chi connectivity index (χ1n) is 21.9. The number of hydrogen-bond donors (Lipinski definition) is 0. The maximum atomic E-state index is 6.92. The van der Waals surface area contributed by atoms with E-state index in [4.69, 9.17) is 65.8 Å². The molecule has 5 atom stereocenters. The first-order chi connectivity index (χ1) is 29.4. The number of nitrogens with zero attached hydrogens (tertiary/aromatic N) is 6. The molecular weight excluding hydrogens is 931 g/mol. The molecule has 0 bridgehead atoms. The van der Waals surface area contributed by atoms with Gasteiger partial charge in [0.1, 0.15) is 0 Å². The molecule has 6 rings (SSSR count). The van der Waals surface area contributed by atoms with Crippen LogP contribution in [-0.4, -0.2) is 112 Å². The van der Waals surface area contributed by atoms with E-state index in [2.05, 4.69) is 159 Å². The molecular formula is C49H73B3Cl2N6P5+3. The van der Waals surface area contributed by atoms with Crippen molar-refractivity contribution in [3.05, 3.63) is 83.1 Å². The van der Waals surface area contributed by atoms with Gasteiger partial charge in [-0.05, 0) is 122 Å². The molecule has 6 aromatic rings. The van der Waals surface area contributed by atoms with Crippen LogP contribution in [0.15, 0.2) is 72.8 Å². The van der Waals surface area contributed by atoms with Crippen molar-refractivity contribution in [3.63, 3.8) is 0 Å². The zero-order chi connectivity index (χ0) is 49.9. The highest BCUT2D eigenvalue weighted by Crippen LogP contribution is 2.65. The highest BCUT2D eigenvalue weighted by molar-refractivity contribution is 8.08. The molecule has 6 radical (unpaired) electrons. The van der Waals surface area contributed by atoms with Crippen LogP contribution in [0.5, 0.6) is 0 Å². The predicted octanol–water partition coefficient (Wildman–Crippen LogP) is 13.3. The molecule has 0 fully saturated rings. The summed E-state index contributed by atoms with van der Waals surface area (Å²) in [5, 5.41) is 1.24. The van der Waals surface area contributed by atoms with Crippen molar-refractivity contribution >= 4 is 139 Å². The first kappa shape index (κ1) is 57.9. The van der Waals surface area contributed by atoms with E-state index in [1.165, 1.54) is 10.9 Å². The molecule has 3 heterocycles. The largest absolute Gasteiger partial charge is 0.373 e. The molecule has 3 unspecified atom stereocenters. The third kappa shape index (κ3) is 15.1. The number of rotatable bonds is 4. The maximum absolute atomic E-state index is 6.92. The Morgan fingerprint density at radius 3 is 0.877 bits per heavy atom. The fourth-order valence-electron chi connectivity index (χ4n) is 5.26. The molecule has 3 aromatic carbocycles. The van der Waals surface area contributed by atoms with Crippen LogP contribution < -0.4 is 21.7 Å². The Balaban J connectivity index is 0.000000250. The Morgan fingerprint density at radius 2 is 0.677 bits per heavy atom. The van der Waals surface area contributed by atoms with Gasteiger partial charge < -0.3 is 0 Å². The SMILES string of the molecule is C[P@@](c1nc2ccccc2nc1[P@](C)C(C)(C)C)C(C)(C)C.Clc1nc2ccccc2nc1Cl.[B][P+](C)(c1nc2ccccc2nc1[P+]([B])(C)C(C)(C)C)C(C)(C)C.[B][PH+](C)C(C)(C)C. The van der Waals surface area contributed by atoms with Gasteiger partial charge in [0.2, 0.25) is 10.9 Å². The van der Waals surface area contributed by atoms with Crippen molar-refractivity contribution in [1.82, 2.24) is 29.9 Å². The van der Waals surface area contributed by atoms with Gasteiger partial charge in [-0.1, -0.05) is 125 Å². The topological polar surface area (TPSA) is 77.3 Å². The Morgan fingerprint density at radius 1 is 0.462 bits per heavy atom. The molecule has 0 aliphatic heterocycles. The smallest absolute Gasteiger partial charge is 0.244 e. The molecule has 0 aliphatic carbocycles. The normalized spacial score (nSPS) is 15.8. The standard InChI is InChI=1S/C18H28B2N2P2.C18H28N2P2.C8H4Cl2N2.C5H13BP/c1-17(2,3)23(7,19)15-16(24(8,20)18(4,5)6)22-14-12-10-9-11-13(14)21-15;1-17(2,3)21(7)15-16(22(8)18(4,5)6)20-14-12-10-9-11-13(14)19-15;9-7-8(10)12-6-4-2-1-3-5(6)11-7;1-5(2,3)7(4)6/h9-12H,1-8H3;9-12H,1-8H3;1-4H;7H,1-4H3/q+2;;;+1/t;21-,22-;;/m.0../s1. The molecule has 0 aliphatic rings. The van der Waals surface area contributed by atoms with Crippen molar-refractivity contribution in [2.75, 3.05) is 33.3 Å². The van der Waals surface area contributed by atoms with Gasteiger partial charge in [0.05, 0.1) is 59.4 Å². The van der Waals surface area contributed by atoms with E-state index in [1.807, 2.05) is 60.7 Å². The summed E-state index contributed by atoms with van der Waals surface area (Å²) in [6.45, 7) is 44.7. The van der Waals surface area contributed by atoms with E-state index in [1.54, 1.807) is 0 Å². The summed E-state index contributed by atoms with van der Waals surface area (Å²) in [4.78, 5) is 28.2. The van der Waals surface area contributed by atoms with Gasteiger partial charge in [-0.2, -0.15) is 0 Å². The van der Waals surface area contributed by atoms with Crippen LogP contribution >= 0.6 is 61.1 Å². The number of hydrogen-bond acceptors (Lipinski definition) is 6. The summed E-state index contributed by atoms with van der Waals surface area (Å²) in [6.07, 6.45) is 0. The average Bonchev–Trinajstić information content (AvgIpc) is 3.18. The number of benzene rings is 3. The van der Waals surface area contributed by atoms with Gasteiger partial charge in [0.15, 0.2) is 10.3 Å². The molecule has 344 valence electrons. The minimum Gasteiger partial charge on any atom is -0.244 e. The number of fused-ring (bicyclic) bond motifs is 3. The fraction of sp³-hybridized carbons (Fsp3) is 0.510. The molecule has 3 aromatic heterocycles. The van der Waals surface area contributed by atoms with E-state index >= 15 is 0 Å². The van der Waals surface area contributed by atoms with Gasteiger partial charge in [-0.25, -0.2) is 29.9 Å². The van der Waals surface area contributed by atoms with Crippen molar-refractivity contribution in [1.29, 1.82) is 0 Å². The van der Waals surface area contributed by atoms with Crippen molar-refractivity contribution in [2.24, 2.45) is 0 Å². The van der Waals surface area contributed by atoms with E-state index in [0.717, 1.165) is 44.0 Å². The third-order valence-corrected chi connectivity index (χ3v) is 29.3. The number of aromatic nitrogens is 6. The number of para-hydroxylation sites is 6. The van der Waals surface area contributed by atoms with Crippen LogP contribution in [0.2, 0.25) is 10.3 Å². The minimum absolute atomic E-state index is 0.0588. The first-order valence-corrected chi connectivity index (χ1v) is 32.9. The summed E-state index contributed by atoms with van der Waals surface area (Å²) in [5.41, 5.74) is 9.75. The summed E-state index contributed by atoms with van der Waals surface area (Å²) in [5.74, 6) is 0. The second kappa shape index (κ2) is 22.1. The van der Waals surface area contributed by atoms with Gasteiger partial charge in [0, 0.05) is 34.3 Å². The summed E-state index contributed by atoms with van der Waals surface area (Å²) < 4.78 is 0. The zero-order valence-electron chi connectivity index (χ0n) is 42.9. The zero-order valence-corrected chi connectivity index (χ0v) is 49.0. The van der Waals surface area contributed by atoms with Gasteiger partial charge in [-0.3, -0.25) is 0 Å². The van der Waals surface area contributed by atoms with Crippen LogP contribution in [0.25, 0.3) is 33.1 Å². The van der Waals surface area contributed by atoms with Crippen LogP contribution in [0.4, 0.5) is 0 Å². The van der Waals surface area contributed by atoms with Crippen LogP contribution in [-0.2, 0) is 0 Å². The third-order valence-electron chi connectivity index (χ3n) is 12.1. The fourth-order valence-corrected chi connectivity index (χ4v) is 13.0. The van der Waals surface area contributed by atoms with Gasteiger partial charge in [-0.15, -0.1) is 0 Å². The lowest BCUT2D eigenvalue weighted by Crippen LogP contribution is -2.44. The van der Waals surface area contributed by atoms with E-state index in [-0.39, 0.29) is 46.8 Å².